The fourth-order valence-electron chi connectivity index (χ4n) is 1.61. The van der Waals surface area contributed by atoms with Crippen LogP contribution in [0.2, 0.25) is 0 Å². The van der Waals surface area contributed by atoms with Gasteiger partial charge in [0.1, 0.15) is 11.1 Å². The molecular weight excluding hydrogens is 256 g/mol. The van der Waals surface area contributed by atoms with E-state index in [0.717, 1.165) is 0 Å². The predicted molar refractivity (Wildman–Crippen MR) is 68.2 cm³/mol. The first-order valence-corrected chi connectivity index (χ1v) is 6.01. The fraction of sp³-hybridized carbons (Fsp3) is 0.385. The maximum absolute atomic E-state index is 11.3. The van der Waals surface area contributed by atoms with Gasteiger partial charge in [0.25, 0.3) is 0 Å². The monoisotopic (exact) mass is 270 g/mol. The quantitative estimate of drug-likeness (QED) is 0.807. The highest BCUT2D eigenvalue weighted by Gasteiger charge is 2.19. The second kappa shape index (κ2) is 6.40. The van der Waals surface area contributed by atoms with Crippen LogP contribution in [0.15, 0.2) is 18.2 Å². The van der Waals surface area contributed by atoms with Crippen molar-refractivity contribution >= 4 is 23.4 Å². The number of ketones is 1. The number of carboxylic acids is 1. The Balaban J connectivity index is 3.16. The molecular formula is C13H15ClO4. The summed E-state index contributed by atoms with van der Waals surface area (Å²) in [5.74, 6) is -0.613. The first-order chi connectivity index (χ1) is 8.45. The Hall–Kier alpha value is -1.55. The van der Waals surface area contributed by atoms with E-state index in [9.17, 15) is 9.59 Å². The summed E-state index contributed by atoms with van der Waals surface area (Å²) in [7, 11) is 0. The van der Waals surface area contributed by atoms with Crippen LogP contribution in [0.1, 0.15) is 30.4 Å². The van der Waals surface area contributed by atoms with Crippen LogP contribution in [0, 0.1) is 0 Å². The Morgan fingerprint density at radius 1 is 1.44 bits per heavy atom. The molecule has 18 heavy (non-hydrogen) atoms. The molecule has 0 radical (unpaired) electrons. The zero-order valence-electron chi connectivity index (χ0n) is 10.3. The first kappa shape index (κ1) is 14.5. The number of aliphatic carboxylic acids is 1. The summed E-state index contributed by atoms with van der Waals surface area (Å²) < 4.78 is 5.32. The van der Waals surface area contributed by atoms with Gasteiger partial charge < -0.3 is 9.84 Å². The molecule has 0 heterocycles. The number of alkyl halides is 1. The van der Waals surface area contributed by atoms with Crippen LogP contribution in [0.5, 0.6) is 5.75 Å². The van der Waals surface area contributed by atoms with Crippen molar-refractivity contribution in [3.63, 3.8) is 0 Å². The lowest BCUT2D eigenvalue weighted by atomic mass is 9.99. The fourth-order valence-corrected chi connectivity index (χ4v) is 1.81. The highest BCUT2D eigenvalue weighted by molar-refractivity contribution is 6.31. The van der Waals surface area contributed by atoms with Gasteiger partial charge in [-0.1, -0.05) is 6.07 Å². The zero-order chi connectivity index (χ0) is 13.7. The second-order valence-electron chi connectivity index (χ2n) is 3.84. The van der Waals surface area contributed by atoms with E-state index in [1.807, 2.05) is 6.92 Å². The number of Topliss-reactive ketones (excluding diaryl/α,β-unsaturated/α-hetero) is 1. The van der Waals surface area contributed by atoms with E-state index >= 15 is 0 Å². The third-order valence-electron chi connectivity index (χ3n) is 2.40. The Morgan fingerprint density at radius 2 is 2.11 bits per heavy atom. The lowest BCUT2D eigenvalue weighted by Gasteiger charge is -2.13. The maximum Gasteiger partial charge on any atom is 0.307 e. The molecule has 0 aliphatic heterocycles. The summed E-state index contributed by atoms with van der Waals surface area (Å²) in [5.41, 5.74) is 1.03. The second-order valence-corrected chi connectivity index (χ2v) is 4.27. The van der Waals surface area contributed by atoms with Crippen LogP contribution in [0.4, 0.5) is 0 Å². The minimum Gasteiger partial charge on any atom is -0.494 e. The Morgan fingerprint density at radius 3 is 2.61 bits per heavy atom. The number of hydrogen-bond donors (Lipinski definition) is 1. The Bertz CT molecular complexity index is 456. The van der Waals surface area contributed by atoms with Crippen molar-refractivity contribution < 1.29 is 19.4 Å². The van der Waals surface area contributed by atoms with Gasteiger partial charge in [-0.25, -0.2) is 0 Å². The lowest BCUT2D eigenvalue weighted by molar-refractivity contribution is -0.136. The molecule has 0 saturated heterocycles. The van der Waals surface area contributed by atoms with Gasteiger partial charge in [-0.3, -0.25) is 9.59 Å². The normalized spacial score (nSPS) is 11.9. The largest absolute Gasteiger partial charge is 0.494 e. The molecule has 0 aliphatic carbocycles. The molecule has 1 aromatic carbocycles. The number of benzene rings is 1. The van der Waals surface area contributed by atoms with Gasteiger partial charge in [-0.2, -0.15) is 0 Å². The summed E-state index contributed by atoms with van der Waals surface area (Å²) in [5, 5.41) is 7.98. The Kier molecular flexibility index (Phi) is 5.16. The molecule has 98 valence electrons. The topological polar surface area (TPSA) is 63.6 Å². The molecule has 0 saturated carbocycles. The van der Waals surface area contributed by atoms with Crippen LogP contribution >= 0.6 is 11.6 Å². The molecule has 5 heteroatoms. The van der Waals surface area contributed by atoms with Gasteiger partial charge in [0.15, 0.2) is 5.78 Å². The van der Waals surface area contributed by atoms with Crippen LogP contribution in [-0.4, -0.2) is 23.5 Å². The van der Waals surface area contributed by atoms with Gasteiger partial charge in [-0.15, -0.1) is 11.6 Å². The standard InChI is InChI=1S/C13H15ClO4/c1-3-18-10-5-4-9(6-12(16)17)11(7-10)13(14)8(2)15/h4-5,7,13H,3,6H2,1-2H3,(H,16,17). The molecule has 1 N–H and O–H groups in total. The van der Waals surface area contributed by atoms with Crippen molar-refractivity contribution in [3.05, 3.63) is 29.3 Å². The van der Waals surface area contributed by atoms with Gasteiger partial charge >= 0.3 is 5.97 Å². The molecule has 0 spiro atoms. The number of hydrogen-bond acceptors (Lipinski definition) is 3. The SMILES string of the molecule is CCOc1ccc(CC(=O)O)c(C(Cl)C(C)=O)c1. The summed E-state index contributed by atoms with van der Waals surface area (Å²) in [6.07, 6.45) is -0.168. The van der Waals surface area contributed by atoms with Crippen molar-refractivity contribution in [2.75, 3.05) is 6.61 Å². The summed E-state index contributed by atoms with van der Waals surface area (Å²) >= 11 is 6.00. The van der Waals surface area contributed by atoms with Crippen LogP contribution in [0.25, 0.3) is 0 Å². The molecule has 0 fully saturated rings. The minimum atomic E-state index is -0.965. The number of carbonyl (C=O) groups is 2. The molecule has 0 bridgehead atoms. The third-order valence-corrected chi connectivity index (χ3v) is 2.94. The molecule has 1 unspecified atom stereocenters. The van der Waals surface area contributed by atoms with E-state index in [4.69, 9.17) is 21.4 Å². The van der Waals surface area contributed by atoms with E-state index in [-0.39, 0.29) is 12.2 Å². The molecule has 0 aliphatic rings. The number of carbonyl (C=O) groups excluding carboxylic acids is 1. The summed E-state index contributed by atoms with van der Waals surface area (Å²) in [4.78, 5) is 22.1. The van der Waals surface area contributed by atoms with Gasteiger partial charge in [0, 0.05) is 0 Å². The number of ether oxygens (including phenoxy) is 1. The van der Waals surface area contributed by atoms with Crippen LogP contribution in [0.3, 0.4) is 0 Å². The van der Waals surface area contributed by atoms with Gasteiger partial charge in [-0.05, 0) is 37.1 Å². The highest BCUT2D eigenvalue weighted by Crippen LogP contribution is 2.29. The maximum atomic E-state index is 11.3. The smallest absolute Gasteiger partial charge is 0.307 e. The molecule has 0 amide bonds. The first-order valence-electron chi connectivity index (χ1n) is 5.57. The van der Waals surface area contributed by atoms with Crippen LogP contribution < -0.4 is 4.74 Å². The van der Waals surface area contributed by atoms with Crippen molar-refractivity contribution in [1.82, 2.24) is 0 Å². The van der Waals surface area contributed by atoms with E-state index < -0.39 is 11.3 Å². The van der Waals surface area contributed by atoms with E-state index in [1.165, 1.54) is 6.92 Å². The number of rotatable bonds is 6. The van der Waals surface area contributed by atoms with Gasteiger partial charge in [0.05, 0.1) is 13.0 Å². The molecule has 1 rings (SSSR count). The van der Waals surface area contributed by atoms with E-state index in [0.29, 0.717) is 23.5 Å². The zero-order valence-corrected chi connectivity index (χ0v) is 11.0. The molecule has 1 atom stereocenters. The minimum absolute atomic E-state index is 0.168. The van der Waals surface area contributed by atoms with Crippen molar-refractivity contribution in [2.24, 2.45) is 0 Å². The predicted octanol–water partition coefficient (Wildman–Crippen LogP) is 2.58. The van der Waals surface area contributed by atoms with Crippen LogP contribution in [-0.2, 0) is 16.0 Å². The summed E-state index contributed by atoms with van der Waals surface area (Å²) in [6.45, 7) is 3.70. The van der Waals surface area contributed by atoms with Crippen molar-refractivity contribution in [2.45, 2.75) is 25.6 Å². The molecule has 1 aromatic rings. The Labute approximate surface area is 111 Å². The average molecular weight is 271 g/mol. The number of halogens is 1. The highest BCUT2D eigenvalue weighted by atomic mass is 35.5. The third kappa shape index (κ3) is 3.74. The van der Waals surface area contributed by atoms with Gasteiger partial charge in [0.2, 0.25) is 0 Å². The summed E-state index contributed by atoms with van der Waals surface area (Å²) in [6, 6.07) is 4.93. The van der Waals surface area contributed by atoms with E-state index in [1.54, 1.807) is 18.2 Å². The molecule has 4 nitrogen and oxygen atoms in total. The molecule has 0 aromatic heterocycles. The van der Waals surface area contributed by atoms with Crippen molar-refractivity contribution in [3.8, 4) is 5.75 Å². The van der Waals surface area contributed by atoms with Crippen molar-refractivity contribution in [1.29, 1.82) is 0 Å². The van der Waals surface area contributed by atoms with E-state index in [2.05, 4.69) is 0 Å². The average Bonchev–Trinajstić information content (AvgIpc) is 2.29. The lowest BCUT2D eigenvalue weighted by Crippen LogP contribution is -2.09. The number of carboxylic acid groups (broad SMARTS) is 1.